The summed E-state index contributed by atoms with van der Waals surface area (Å²) in [6, 6.07) is 17.4. The van der Waals surface area contributed by atoms with Crippen LogP contribution in [0.15, 0.2) is 71.6 Å². The third kappa shape index (κ3) is 5.45. The van der Waals surface area contributed by atoms with Crippen LogP contribution in [0.5, 0.6) is 5.75 Å². The third-order valence-corrected chi connectivity index (χ3v) is 13.5. The summed E-state index contributed by atoms with van der Waals surface area (Å²) >= 11 is 6.16. The van der Waals surface area contributed by atoms with E-state index in [-0.39, 0.29) is 72.1 Å². The van der Waals surface area contributed by atoms with Crippen molar-refractivity contribution in [3.63, 3.8) is 0 Å². The molecule has 3 aromatic rings. The number of rotatable bonds is 7. The molecule has 0 spiro atoms. The number of benzene rings is 3. The SMILES string of the molecule is O=C(CN1CCS(=O)(=O)CC1)N1CC[C@@]2(S(=O)(=O)c3ccccc3)c3ccc(OCc4c(F)cccc4Cl)cc3CC[C@@H]12. The molecule has 0 aromatic heterocycles. The summed E-state index contributed by atoms with van der Waals surface area (Å²) in [5.74, 6) is -0.175. The van der Waals surface area contributed by atoms with Crippen molar-refractivity contribution >= 4 is 37.2 Å². The molecule has 12 heteroatoms. The van der Waals surface area contributed by atoms with Crippen molar-refractivity contribution in [2.75, 3.05) is 37.7 Å². The van der Waals surface area contributed by atoms with Crippen molar-refractivity contribution in [3.8, 4) is 5.75 Å². The Hall–Kier alpha value is -2.99. The second-order valence-corrected chi connectivity index (χ2v) is 16.3. The Morgan fingerprint density at radius 3 is 2.49 bits per heavy atom. The fourth-order valence-electron chi connectivity index (χ4n) is 6.72. The predicted molar refractivity (Wildman–Crippen MR) is 161 cm³/mol. The minimum Gasteiger partial charge on any atom is -0.489 e. The molecule has 0 saturated carbocycles. The number of hydrogen-bond acceptors (Lipinski definition) is 7. The molecule has 2 saturated heterocycles. The van der Waals surface area contributed by atoms with Crippen molar-refractivity contribution in [2.24, 2.45) is 0 Å². The van der Waals surface area contributed by atoms with Gasteiger partial charge in [0.25, 0.3) is 0 Å². The van der Waals surface area contributed by atoms with Crippen LogP contribution in [0.25, 0.3) is 0 Å². The van der Waals surface area contributed by atoms with Crippen LogP contribution in [0.1, 0.15) is 29.5 Å². The summed E-state index contributed by atoms with van der Waals surface area (Å²) in [4.78, 5) is 17.4. The van der Waals surface area contributed by atoms with Crippen LogP contribution in [0.4, 0.5) is 4.39 Å². The van der Waals surface area contributed by atoms with Gasteiger partial charge in [-0.2, -0.15) is 0 Å². The molecule has 2 atom stereocenters. The zero-order chi connectivity index (χ0) is 30.4. The van der Waals surface area contributed by atoms with Crippen LogP contribution >= 0.6 is 11.6 Å². The Balaban J connectivity index is 1.33. The van der Waals surface area contributed by atoms with Crippen LogP contribution in [-0.2, 0) is 42.2 Å². The highest BCUT2D eigenvalue weighted by molar-refractivity contribution is 7.92. The summed E-state index contributed by atoms with van der Waals surface area (Å²) < 4.78 is 71.7. The molecule has 0 radical (unpaired) electrons. The lowest BCUT2D eigenvalue weighted by Crippen LogP contribution is -2.54. The Labute approximate surface area is 256 Å². The molecule has 0 N–H and O–H groups in total. The number of halogens is 2. The van der Waals surface area contributed by atoms with Crippen LogP contribution in [0, 0.1) is 5.82 Å². The number of ether oxygens (including phenoxy) is 1. The van der Waals surface area contributed by atoms with E-state index in [1.165, 1.54) is 12.1 Å². The summed E-state index contributed by atoms with van der Waals surface area (Å²) in [5.41, 5.74) is 1.69. The normalized spacial score (nSPS) is 23.4. The molecule has 0 bridgehead atoms. The Bertz CT molecular complexity index is 1740. The molecule has 3 aromatic carbocycles. The van der Waals surface area contributed by atoms with E-state index in [2.05, 4.69) is 0 Å². The molecule has 2 fully saturated rings. The van der Waals surface area contributed by atoms with E-state index in [1.54, 1.807) is 59.5 Å². The van der Waals surface area contributed by atoms with Crippen molar-refractivity contribution in [1.29, 1.82) is 0 Å². The van der Waals surface area contributed by atoms with Crippen molar-refractivity contribution in [2.45, 2.75) is 41.6 Å². The van der Waals surface area contributed by atoms with Gasteiger partial charge >= 0.3 is 0 Å². The number of likely N-dealkylation sites (tertiary alicyclic amines) is 1. The van der Waals surface area contributed by atoms with E-state index in [9.17, 15) is 26.0 Å². The number of sulfone groups is 2. The van der Waals surface area contributed by atoms with Crippen molar-refractivity contribution in [1.82, 2.24) is 9.80 Å². The van der Waals surface area contributed by atoms with Gasteiger partial charge in [0, 0.05) is 25.2 Å². The third-order valence-electron chi connectivity index (χ3n) is 8.95. The quantitative estimate of drug-likeness (QED) is 0.383. The average Bonchev–Trinajstić information content (AvgIpc) is 3.40. The standard InChI is InChI=1S/C31H32ClFN2O6S2/c32-27-7-4-8-28(33)25(27)21-41-23-10-11-26-22(19-23)9-12-29-31(26,43(39,40)24-5-2-1-3-6-24)13-14-35(29)30(36)20-34-15-17-42(37,38)18-16-34/h1-8,10-11,19,29H,9,12-18,20-21H2/t29-,31-/m1/s1. The second kappa shape index (κ2) is 11.5. The topological polar surface area (TPSA) is 101 Å². The van der Waals surface area contributed by atoms with Crippen LogP contribution in [0.2, 0.25) is 5.02 Å². The molecule has 1 aliphatic carbocycles. The summed E-state index contributed by atoms with van der Waals surface area (Å²) in [6.07, 6.45) is 1.18. The van der Waals surface area contributed by atoms with Crippen LogP contribution < -0.4 is 4.74 Å². The first-order valence-corrected chi connectivity index (χ1v) is 17.9. The highest BCUT2D eigenvalue weighted by Gasteiger charge is 2.60. The number of carbonyl (C=O) groups excluding carboxylic acids is 1. The largest absolute Gasteiger partial charge is 0.489 e. The van der Waals surface area contributed by atoms with E-state index in [0.29, 0.717) is 24.2 Å². The van der Waals surface area contributed by atoms with Gasteiger partial charge in [-0.15, -0.1) is 0 Å². The first-order valence-electron chi connectivity index (χ1n) is 14.2. The second-order valence-electron chi connectivity index (χ2n) is 11.3. The number of amides is 1. The highest BCUT2D eigenvalue weighted by atomic mass is 35.5. The van der Waals surface area contributed by atoms with Crippen molar-refractivity contribution in [3.05, 3.63) is 94.3 Å². The molecule has 3 aliphatic rings. The summed E-state index contributed by atoms with van der Waals surface area (Å²) in [6.45, 7) is 0.796. The predicted octanol–water partition coefficient (Wildman–Crippen LogP) is 4.00. The lowest BCUT2D eigenvalue weighted by molar-refractivity contribution is -0.133. The number of nitrogens with zero attached hydrogens (tertiary/aromatic N) is 2. The van der Waals surface area contributed by atoms with Gasteiger partial charge in [-0.3, -0.25) is 9.69 Å². The Kier molecular flexibility index (Phi) is 8.04. The molecular weight excluding hydrogens is 615 g/mol. The van der Waals surface area contributed by atoms with Gasteiger partial charge in [0.15, 0.2) is 19.7 Å². The van der Waals surface area contributed by atoms with E-state index in [4.69, 9.17) is 16.3 Å². The zero-order valence-corrected chi connectivity index (χ0v) is 25.8. The van der Waals surface area contributed by atoms with Gasteiger partial charge in [0.1, 0.15) is 22.9 Å². The average molecular weight is 647 g/mol. The van der Waals surface area contributed by atoms with Crippen molar-refractivity contribution < 1.29 is 30.8 Å². The molecule has 0 unspecified atom stereocenters. The first-order chi connectivity index (χ1) is 20.5. The summed E-state index contributed by atoms with van der Waals surface area (Å²) in [7, 11) is -7.05. The zero-order valence-electron chi connectivity index (χ0n) is 23.4. The first kappa shape index (κ1) is 30.1. The Morgan fingerprint density at radius 1 is 1.02 bits per heavy atom. The molecule has 228 valence electrons. The fraction of sp³-hybridized carbons (Fsp3) is 0.387. The van der Waals surface area contributed by atoms with Gasteiger partial charge in [-0.05, 0) is 66.8 Å². The van der Waals surface area contributed by atoms with Crippen LogP contribution in [-0.4, -0.2) is 76.3 Å². The van der Waals surface area contributed by atoms with Gasteiger partial charge < -0.3 is 9.64 Å². The highest BCUT2D eigenvalue weighted by Crippen LogP contribution is 2.53. The molecule has 6 rings (SSSR count). The maximum atomic E-state index is 14.6. The molecular formula is C31H32ClFN2O6S2. The van der Waals surface area contributed by atoms with Crippen LogP contribution in [0.3, 0.4) is 0 Å². The number of carbonyl (C=O) groups is 1. The van der Waals surface area contributed by atoms with E-state index < -0.39 is 36.3 Å². The molecule has 1 amide bonds. The number of hydrogen-bond donors (Lipinski definition) is 0. The number of aryl methyl sites for hydroxylation is 1. The van der Waals surface area contributed by atoms with Gasteiger partial charge in [0.2, 0.25) is 5.91 Å². The number of fused-ring (bicyclic) bond motifs is 3. The molecule has 43 heavy (non-hydrogen) atoms. The van der Waals surface area contributed by atoms with Gasteiger partial charge in [0.05, 0.1) is 34.0 Å². The fourth-order valence-corrected chi connectivity index (χ4v) is 10.6. The molecule has 2 heterocycles. The minimum atomic E-state index is -3.96. The maximum Gasteiger partial charge on any atom is 0.237 e. The molecule has 8 nitrogen and oxygen atoms in total. The monoisotopic (exact) mass is 646 g/mol. The Morgan fingerprint density at radius 2 is 1.77 bits per heavy atom. The van der Waals surface area contributed by atoms with E-state index in [1.807, 2.05) is 4.90 Å². The maximum absolute atomic E-state index is 14.6. The van der Waals surface area contributed by atoms with E-state index >= 15 is 0 Å². The van der Waals surface area contributed by atoms with Gasteiger partial charge in [-0.25, -0.2) is 21.2 Å². The lowest BCUT2D eigenvalue weighted by Gasteiger charge is -2.43. The summed E-state index contributed by atoms with van der Waals surface area (Å²) in [5, 5.41) is 0.260. The molecule has 2 aliphatic heterocycles. The minimum absolute atomic E-state index is 0.0108. The van der Waals surface area contributed by atoms with E-state index in [0.717, 1.165) is 5.56 Å². The van der Waals surface area contributed by atoms with Gasteiger partial charge in [-0.1, -0.05) is 41.9 Å². The smallest absolute Gasteiger partial charge is 0.237 e. The lowest BCUT2D eigenvalue weighted by atomic mass is 9.78.